The van der Waals surface area contributed by atoms with Gasteiger partial charge in [0.25, 0.3) is 0 Å². The Bertz CT molecular complexity index is 495. The molecule has 0 aliphatic carbocycles. The molecule has 0 aliphatic heterocycles. The lowest BCUT2D eigenvalue weighted by atomic mass is 10.1. The second-order valence-electron chi connectivity index (χ2n) is 4.29. The van der Waals surface area contributed by atoms with E-state index in [4.69, 9.17) is 14.9 Å². The Morgan fingerprint density at radius 2 is 2.22 bits per heavy atom. The number of furan rings is 1. The predicted octanol–water partition coefficient (Wildman–Crippen LogP) is 2.91. The van der Waals surface area contributed by atoms with E-state index in [1.165, 1.54) is 0 Å². The molecule has 0 saturated heterocycles. The first-order valence-electron chi connectivity index (χ1n) is 5.91. The number of nitrogen functional groups attached to an aromatic ring is 1. The first-order valence-corrected chi connectivity index (χ1v) is 5.91. The quantitative estimate of drug-likeness (QED) is 0.796. The molecule has 0 aliphatic rings. The third kappa shape index (κ3) is 2.97. The average Bonchev–Trinajstić information content (AvgIpc) is 2.84. The number of hydrogen-bond acceptors (Lipinski definition) is 4. The maximum absolute atomic E-state index is 5.77. The molecule has 4 nitrogen and oxygen atoms in total. The van der Waals surface area contributed by atoms with E-state index in [0.29, 0.717) is 11.4 Å². The normalized spacial score (nSPS) is 12.1. The van der Waals surface area contributed by atoms with Crippen molar-refractivity contribution >= 4 is 11.4 Å². The lowest BCUT2D eigenvalue weighted by molar-refractivity contribution is 0.417. The van der Waals surface area contributed by atoms with Crippen LogP contribution >= 0.6 is 0 Å². The van der Waals surface area contributed by atoms with Gasteiger partial charge in [0.05, 0.1) is 19.1 Å². The number of benzene rings is 1. The van der Waals surface area contributed by atoms with Crippen molar-refractivity contribution in [2.24, 2.45) is 0 Å². The lowest BCUT2D eigenvalue weighted by Crippen LogP contribution is -2.17. The van der Waals surface area contributed by atoms with Crippen molar-refractivity contribution in [3.8, 4) is 5.75 Å². The van der Waals surface area contributed by atoms with Crippen LogP contribution in [0.5, 0.6) is 5.75 Å². The van der Waals surface area contributed by atoms with Crippen LogP contribution in [0.4, 0.5) is 11.4 Å². The van der Waals surface area contributed by atoms with Crippen LogP contribution in [0.25, 0.3) is 0 Å². The van der Waals surface area contributed by atoms with Crippen LogP contribution < -0.4 is 15.8 Å². The molecular formula is C14H18N2O2. The third-order valence-electron chi connectivity index (χ3n) is 2.73. The van der Waals surface area contributed by atoms with E-state index < -0.39 is 0 Å². The van der Waals surface area contributed by atoms with Crippen LogP contribution in [0, 0.1) is 0 Å². The topological polar surface area (TPSA) is 60.4 Å². The molecule has 2 aromatic rings. The molecule has 0 radical (unpaired) electrons. The second-order valence-corrected chi connectivity index (χ2v) is 4.29. The summed E-state index contributed by atoms with van der Waals surface area (Å²) in [5.41, 5.74) is 7.40. The molecule has 1 heterocycles. The monoisotopic (exact) mass is 246 g/mol. The summed E-state index contributed by atoms with van der Waals surface area (Å²) in [6.07, 6.45) is 2.52. The number of hydrogen-bond donors (Lipinski definition) is 2. The largest absolute Gasteiger partial charge is 0.495 e. The Kier molecular flexibility index (Phi) is 3.77. The molecule has 2 rings (SSSR count). The molecular weight excluding hydrogens is 228 g/mol. The summed E-state index contributed by atoms with van der Waals surface area (Å²) < 4.78 is 10.5. The molecule has 1 unspecified atom stereocenters. The minimum atomic E-state index is 0.268. The van der Waals surface area contributed by atoms with Crippen LogP contribution in [0.3, 0.4) is 0 Å². The number of nitrogens with two attached hydrogens (primary N) is 1. The van der Waals surface area contributed by atoms with Crippen LogP contribution in [0.2, 0.25) is 0 Å². The fourth-order valence-corrected chi connectivity index (χ4v) is 1.87. The van der Waals surface area contributed by atoms with Crippen LogP contribution in [-0.4, -0.2) is 13.2 Å². The molecule has 3 N–H and O–H groups in total. The summed E-state index contributed by atoms with van der Waals surface area (Å²) in [7, 11) is 1.61. The summed E-state index contributed by atoms with van der Waals surface area (Å²) in [6.45, 7) is 2.10. The minimum absolute atomic E-state index is 0.268. The summed E-state index contributed by atoms with van der Waals surface area (Å²) in [4.78, 5) is 0. The average molecular weight is 246 g/mol. The Morgan fingerprint density at radius 3 is 2.89 bits per heavy atom. The van der Waals surface area contributed by atoms with Crippen molar-refractivity contribution in [2.45, 2.75) is 19.4 Å². The molecule has 0 saturated carbocycles. The van der Waals surface area contributed by atoms with Crippen molar-refractivity contribution in [3.63, 3.8) is 0 Å². The Morgan fingerprint density at radius 1 is 1.39 bits per heavy atom. The maximum Gasteiger partial charge on any atom is 0.143 e. The predicted molar refractivity (Wildman–Crippen MR) is 72.9 cm³/mol. The molecule has 0 bridgehead atoms. The van der Waals surface area contributed by atoms with Gasteiger partial charge in [-0.15, -0.1) is 0 Å². The molecule has 1 aromatic carbocycles. The fraction of sp³-hybridized carbons (Fsp3) is 0.286. The zero-order valence-electron chi connectivity index (χ0n) is 10.6. The number of nitrogens with one attached hydrogen (secondary N) is 1. The van der Waals surface area contributed by atoms with Gasteiger partial charge < -0.3 is 20.2 Å². The van der Waals surface area contributed by atoms with E-state index in [-0.39, 0.29) is 6.04 Å². The van der Waals surface area contributed by atoms with Gasteiger partial charge in [-0.1, -0.05) is 0 Å². The number of methoxy groups -OCH3 is 1. The van der Waals surface area contributed by atoms with E-state index >= 15 is 0 Å². The summed E-state index contributed by atoms with van der Waals surface area (Å²) in [5, 5.41) is 3.39. The molecule has 1 atom stereocenters. The Balaban J connectivity index is 2.00. The van der Waals surface area contributed by atoms with E-state index in [2.05, 4.69) is 12.2 Å². The first-order chi connectivity index (χ1) is 8.69. The number of anilines is 2. The van der Waals surface area contributed by atoms with Gasteiger partial charge in [-0.05, 0) is 31.2 Å². The van der Waals surface area contributed by atoms with Crippen molar-refractivity contribution in [2.75, 3.05) is 18.2 Å². The zero-order valence-corrected chi connectivity index (χ0v) is 10.6. The second kappa shape index (κ2) is 5.49. The van der Waals surface area contributed by atoms with Crippen molar-refractivity contribution in [1.82, 2.24) is 0 Å². The van der Waals surface area contributed by atoms with Crippen LogP contribution in [0.15, 0.2) is 41.0 Å². The van der Waals surface area contributed by atoms with E-state index in [1.54, 1.807) is 13.4 Å². The summed E-state index contributed by atoms with van der Waals surface area (Å²) >= 11 is 0. The van der Waals surface area contributed by atoms with Crippen LogP contribution in [0.1, 0.15) is 12.7 Å². The molecule has 4 heteroatoms. The maximum atomic E-state index is 5.77. The van der Waals surface area contributed by atoms with Gasteiger partial charge in [0.1, 0.15) is 11.5 Å². The van der Waals surface area contributed by atoms with E-state index in [0.717, 1.165) is 17.9 Å². The van der Waals surface area contributed by atoms with Gasteiger partial charge >= 0.3 is 0 Å². The minimum Gasteiger partial charge on any atom is -0.495 e. The summed E-state index contributed by atoms with van der Waals surface area (Å²) in [5.74, 6) is 1.66. The number of rotatable bonds is 5. The number of ether oxygens (including phenoxy) is 1. The van der Waals surface area contributed by atoms with Gasteiger partial charge in [0.15, 0.2) is 0 Å². The van der Waals surface area contributed by atoms with Gasteiger partial charge in [-0.3, -0.25) is 0 Å². The third-order valence-corrected chi connectivity index (χ3v) is 2.73. The Labute approximate surface area is 107 Å². The molecule has 1 aromatic heterocycles. The highest BCUT2D eigenvalue weighted by atomic mass is 16.5. The van der Waals surface area contributed by atoms with Crippen LogP contribution in [-0.2, 0) is 6.42 Å². The van der Waals surface area contributed by atoms with Gasteiger partial charge in [-0.2, -0.15) is 0 Å². The zero-order chi connectivity index (χ0) is 13.0. The lowest BCUT2D eigenvalue weighted by Gasteiger charge is -2.15. The van der Waals surface area contributed by atoms with Gasteiger partial charge in [0, 0.05) is 24.2 Å². The van der Waals surface area contributed by atoms with Gasteiger partial charge in [0.2, 0.25) is 0 Å². The van der Waals surface area contributed by atoms with Crippen molar-refractivity contribution < 1.29 is 9.15 Å². The summed E-state index contributed by atoms with van der Waals surface area (Å²) in [6, 6.07) is 9.81. The van der Waals surface area contributed by atoms with Crippen molar-refractivity contribution in [1.29, 1.82) is 0 Å². The molecule has 0 spiro atoms. The highest BCUT2D eigenvalue weighted by molar-refractivity contribution is 5.61. The SMILES string of the molecule is COc1cc(NC(C)Cc2ccco2)ccc1N. The van der Waals surface area contributed by atoms with E-state index in [1.807, 2.05) is 30.3 Å². The standard InChI is InChI=1S/C14H18N2O2/c1-10(8-12-4-3-7-18-12)16-11-5-6-13(15)14(9-11)17-2/h3-7,9-10,16H,8,15H2,1-2H3. The highest BCUT2D eigenvalue weighted by Gasteiger charge is 2.07. The molecule has 96 valence electrons. The van der Waals surface area contributed by atoms with Gasteiger partial charge in [-0.25, -0.2) is 0 Å². The van der Waals surface area contributed by atoms with E-state index in [9.17, 15) is 0 Å². The van der Waals surface area contributed by atoms with Crippen molar-refractivity contribution in [3.05, 3.63) is 42.4 Å². The molecule has 0 amide bonds. The Hall–Kier alpha value is -2.10. The molecule has 0 fully saturated rings. The first kappa shape index (κ1) is 12.4. The smallest absolute Gasteiger partial charge is 0.143 e. The highest BCUT2D eigenvalue weighted by Crippen LogP contribution is 2.25. The molecule has 18 heavy (non-hydrogen) atoms. The fourth-order valence-electron chi connectivity index (χ4n) is 1.87.